The monoisotopic (exact) mass is 290 g/mol. The number of halogens is 2. The van der Waals surface area contributed by atoms with Crippen molar-refractivity contribution in [3.63, 3.8) is 0 Å². The molecular formula is C13H16Cl2O3. The number of rotatable bonds is 5. The average Bonchev–Trinajstić information content (AvgIpc) is 2.84. The van der Waals surface area contributed by atoms with E-state index >= 15 is 0 Å². The van der Waals surface area contributed by atoms with Crippen LogP contribution < -0.4 is 4.74 Å². The molecule has 1 fully saturated rings. The van der Waals surface area contributed by atoms with E-state index < -0.39 is 0 Å². The lowest BCUT2D eigenvalue weighted by molar-refractivity contribution is 0.0900. The van der Waals surface area contributed by atoms with Crippen molar-refractivity contribution in [2.24, 2.45) is 0 Å². The molecular weight excluding hydrogens is 275 g/mol. The Morgan fingerprint density at radius 1 is 1.39 bits per heavy atom. The molecule has 0 bridgehead atoms. The highest BCUT2D eigenvalue weighted by Gasteiger charge is 2.16. The molecule has 18 heavy (non-hydrogen) atoms. The molecule has 3 nitrogen and oxygen atoms in total. The van der Waals surface area contributed by atoms with Gasteiger partial charge in [0.2, 0.25) is 0 Å². The molecule has 1 unspecified atom stereocenters. The first kappa shape index (κ1) is 13.9. The zero-order chi connectivity index (χ0) is 13.0. The van der Waals surface area contributed by atoms with E-state index in [0.717, 1.165) is 25.9 Å². The van der Waals surface area contributed by atoms with Gasteiger partial charge in [-0.1, -0.05) is 23.2 Å². The lowest BCUT2D eigenvalue weighted by Gasteiger charge is -2.14. The Hall–Kier alpha value is -0.480. The fourth-order valence-corrected chi connectivity index (χ4v) is 2.65. The van der Waals surface area contributed by atoms with Gasteiger partial charge >= 0.3 is 0 Å². The van der Waals surface area contributed by atoms with Crippen LogP contribution in [0.15, 0.2) is 12.1 Å². The van der Waals surface area contributed by atoms with Gasteiger partial charge < -0.3 is 14.6 Å². The Labute approximate surface area is 117 Å². The maximum atomic E-state index is 9.26. The van der Waals surface area contributed by atoms with E-state index in [2.05, 4.69) is 0 Å². The Bertz CT molecular complexity index is 403. The maximum absolute atomic E-state index is 9.26. The van der Waals surface area contributed by atoms with Crippen molar-refractivity contribution in [1.82, 2.24) is 0 Å². The summed E-state index contributed by atoms with van der Waals surface area (Å²) in [5.74, 6) is 0.515. The highest BCUT2D eigenvalue weighted by molar-refractivity contribution is 6.35. The molecule has 0 amide bonds. The third kappa shape index (κ3) is 3.51. The summed E-state index contributed by atoms with van der Waals surface area (Å²) in [4.78, 5) is 0. The highest BCUT2D eigenvalue weighted by atomic mass is 35.5. The van der Waals surface area contributed by atoms with Gasteiger partial charge in [0.25, 0.3) is 0 Å². The minimum atomic E-state index is -0.143. The van der Waals surface area contributed by atoms with Crippen LogP contribution in [0.5, 0.6) is 5.75 Å². The Morgan fingerprint density at radius 2 is 2.22 bits per heavy atom. The second-order valence-electron chi connectivity index (χ2n) is 4.31. The van der Waals surface area contributed by atoms with Crippen LogP contribution in [0, 0.1) is 0 Å². The van der Waals surface area contributed by atoms with Gasteiger partial charge in [-0.15, -0.1) is 0 Å². The van der Waals surface area contributed by atoms with Gasteiger partial charge in [0.1, 0.15) is 5.75 Å². The number of hydrogen-bond donors (Lipinski definition) is 1. The first-order chi connectivity index (χ1) is 8.70. The highest BCUT2D eigenvalue weighted by Crippen LogP contribution is 2.32. The second-order valence-corrected chi connectivity index (χ2v) is 5.15. The molecule has 1 saturated heterocycles. The van der Waals surface area contributed by atoms with Gasteiger partial charge in [-0.05, 0) is 25.0 Å². The fourth-order valence-electron chi connectivity index (χ4n) is 2.06. The number of aliphatic hydroxyl groups excluding tert-OH is 1. The van der Waals surface area contributed by atoms with Crippen LogP contribution in [-0.4, -0.2) is 24.4 Å². The molecule has 1 N–H and O–H groups in total. The van der Waals surface area contributed by atoms with Crippen LogP contribution in [0.2, 0.25) is 10.0 Å². The van der Waals surface area contributed by atoms with Crippen LogP contribution in [0.25, 0.3) is 0 Å². The van der Waals surface area contributed by atoms with E-state index in [1.54, 1.807) is 12.1 Å². The lowest BCUT2D eigenvalue weighted by Crippen LogP contribution is -2.11. The van der Waals surface area contributed by atoms with Gasteiger partial charge in [0.05, 0.1) is 24.3 Å². The summed E-state index contributed by atoms with van der Waals surface area (Å²) in [5.41, 5.74) is 0.611. The SMILES string of the molecule is OCc1cc(Cl)cc(Cl)c1OCCC1CCCO1. The first-order valence-corrected chi connectivity index (χ1v) is 6.79. The zero-order valence-corrected chi connectivity index (χ0v) is 11.5. The number of hydrogen-bond acceptors (Lipinski definition) is 3. The second kappa shape index (κ2) is 6.62. The minimum absolute atomic E-state index is 0.143. The van der Waals surface area contributed by atoms with Crippen molar-refractivity contribution in [3.05, 3.63) is 27.7 Å². The van der Waals surface area contributed by atoms with Crippen molar-refractivity contribution < 1.29 is 14.6 Å². The van der Waals surface area contributed by atoms with Crippen molar-refractivity contribution in [1.29, 1.82) is 0 Å². The summed E-state index contributed by atoms with van der Waals surface area (Å²) >= 11 is 11.9. The van der Waals surface area contributed by atoms with Crippen LogP contribution >= 0.6 is 23.2 Å². The Kier molecular flexibility index (Phi) is 5.13. The van der Waals surface area contributed by atoms with Crippen LogP contribution in [-0.2, 0) is 11.3 Å². The van der Waals surface area contributed by atoms with Gasteiger partial charge in [0.15, 0.2) is 0 Å². The number of aliphatic hydroxyl groups is 1. The number of benzene rings is 1. The van der Waals surface area contributed by atoms with Crippen LogP contribution in [0.4, 0.5) is 0 Å². The van der Waals surface area contributed by atoms with Gasteiger partial charge in [0, 0.05) is 23.6 Å². The maximum Gasteiger partial charge on any atom is 0.143 e. The summed E-state index contributed by atoms with van der Waals surface area (Å²) in [7, 11) is 0. The molecule has 1 heterocycles. The molecule has 1 atom stereocenters. The van der Waals surface area contributed by atoms with Crippen molar-refractivity contribution >= 4 is 23.2 Å². The predicted octanol–water partition coefficient (Wildman–Crippen LogP) is 3.43. The van der Waals surface area contributed by atoms with E-state index in [4.69, 9.17) is 32.7 Å². The number of ether oxygens (including phenoxy) is 2. The van der Waals surface area contributed by atoms with E-state index in [-0.39, 0.29) is 12.7 Å². The molecule has 1 aromatic carbocycles. The molecule has 1 aliphatic heterocycles. The largest absolute Gasteiger partial charge is 0.492 e. The van der Waals surface area contributed by atoms with Gasteiger partial charge in [-0.2, -0.15) is 0 Å². The Balaban J connectivity index is 1.95. The Morgan fingerprint density at radius 3 is 2.89 bits per heavy atom. The zero-order valence-electron chi connectivity index (χ0n) is 9.99. The van der Waals surface area contributed by atoms with E-state index in [1.807, 2.05) is 0 Å². The summed E-state index contributed by atoms with van der Waals surface area (Å²) in [6, 6.07) is 3.28. The predicted molar refractivity (Wildman–Crippen MR) is 71.5 cm³/mol. The fraction of sp³-hybridized carbons (Fsp3) is 0.538. The summed E-state index contributed by atoms with van der Waals surface area (Å²) < 4.78 is 11.2. The molecule has 0 aromatic heterocycles. The average molecular weight is 291 g/mol. The molecule has 1 aliphatic rings. The summed E-state index contributed by atoms with van der Waals surface area (Å²) in [6.45, 7) is 1.23. The van der Waals surface area contributed by atoms with E-state index in [1.165, 1.54) is 0 Å². The smallest absolute Gasteiger partial charge is 0.143 e. The van der Waals surface area contributed by atoms with Crippen LogP contribution in [0.3, 0.4) is 0 Å². The van der Waals surface area contributed by atoms with Crippen molar-refractivity contribution in [3.8, 4) is 5.75 Å². The molecule has 0 aliphatic carbocycles. The third-order valence-corrected chi connectivity index (χ3v) is 3.46. The van der Waals surface area contributed by atoms with Crippen LogP contribution in [0.1, 0.15) is 24.8 Å². The van der Waals surface area contributed by atoms with Gasteiger partial charge in [-0.25, -0.2) is 0 Å². The standard InChI is InChI=1S/C13H16Cl2O3/c14-10-6-9(8-16)13(12(15)7-10)18-5-3-11-2-1-4-17-11/h6-7,11,16H,1-5,8H2. The van der Waals surface area contributed by atoms with Crippen molar-refractivity contribution in [2.45, 2.75) is 32.0 Å². The molecule has 1 aromatic rings. The first-order valence-electron chi connectivity index (χ1n) is 6.04. The quantitative estimate of drug-likeness (QED) is 0.903. The normalized spacial score (nSPS) is 19.2. The summed E-state index contributed by atoms with van der Waals surface area (Å²) in [6.07, 6.45) is 3.33. The van der Waals surface area contributed by atoms with Crippen molar-refractivity contribution in [2.75, 3.05) is 13.2 Å². The minimum Gasteiger partial charge on any atom is -0.492 e. The molecule has 100 valence electrons. The molecule has 0 spiro atoms. The molecule has 5 heteroatoms. The molecule has 0 saturated carbocycles. The molecule has 0 radical (unpaired) electrons. The third-order valence-electron chi connectivity index (χ3n) is 2.97. The molecule has 2 rings (SSSR count). The van der Waals surface area contributed by atoms with E-state index in [0.29, 0.717) is 28.0 Å². The van der Waals surface area contributed by atoms with Gasteiger partial charge in [-0.3, -0.25) is 0 Å². The lowest BCUT2D eigenvalue weighted by atomic mass is 10.2. The topological polar surface area (TPSA) is 38.7 Å². The summed E-state index contributed by atoms with van der Waals surface area (Å²) in [5, 5.41) is 10.2. The van der Waals surface area contributed by atoms with E-state index in [9.17, 15) is 5.11 Å².